The Hall–Kier alpha value is -2.58. The molecule has 0 N–H and O–H groups in total. The minimum absolute atomic E-state index is 0.179. The molecule has 2 aromatic heterocycles. The average molecular weight is 371 g/mol. The topological polar surface area (TPSA) is 50.3 Å². The Morgan fingerprint density at radius 2 is 1.77 bits per heavy atom. The van der Waals surface area contributed by atoms with E-state index in [1.54, 1.807) is 23.1 Å². The molecule has 0 spiro atoms. The molecule has 1 aliphatic rings. The first-order chi connectivity index (χ1) is 12.7. The summed E-state index contributed by atoms with van der Waals surface area (Å²) in [5, 5.41) is 4.47. The molecule has 1 aromatic carbocycles. The molecule has 26 heavy (non-hydrogen) atoms. The highest BCUT2D eigenvalue weighted by Crippen LogP contribution is 2.21. The van der Waals surface area contributed by atoms with E-state index in [9.17, 15) is 4.39 Å². The molecule has 3 aromatic rings. The van der Waals surface area contributed by atoms with Gasteiger partial charge < -0.3 is 9.32 Å². The lowest BCUT2D eigenvalue weighted by molar-refractivity contribution is 0.192. The molecule has 0 amide bonds. The third-order valence-corrected chi connectivity index (χ3v) is 4.73. The fourth-order valence-corrected chi connectivity index (χ4v) is 3.21. The number of rotatable bonds is 4. The van der Waals surface area contributed by atoms with Crippen LogP contribution in [-0.4, -0.2) is 45.8 Å². The van der Waals surface area contributed by atoms with Gasteiger partial charge in [0, 0.05) is 44.1 Å². The molecule has 0 unspecified atom stereocenters. The molecule has 0 atom stereocenters. The number of anilines is 1. The van der Waals surface area contributed by atoms with E-state index in [1.807, 2.05) is 24.3 Å². The van der Waals surface area contributed by atoms with Crippen LogP contribution in [0.2, 0.25) is 0 Å². The van der Waals surface area contributed by atoms with E-state index >= 15 is 0 Å². The largest absolute Gasteiger partial charge is 0.409 e. The van der Waals surface area contributed by atoms with E-state index in [1.165, 1.54) is 6.07 Å². The van der Waals surface area contributed by atoms with Crippen LogP contribution in [-0.2, 0) is 6.67 Å². The average Bonchev–Trinajstić information content (AvgIpc) is 3.04. The summed E-state index contributed by atoms with van der Waals surface area (Å²) in [7, 11) is 0. The van der Waals surface area contributed by atoms with Crippen LogP contribution in [0.1, 0.15) is 0 Å². The highest BCUT2D eigenvalue weighted by Gasteiger charge is 2.20. The van der Waals surface area contributed by atoms with Crippen molar-refractivity contribution in [2.75, 3.05) is 31.1 Å². The fraction of sp³-hybridized carbons (Fsp3) is 0.278. The smallest absolute Gasteiger partial charge is 0.288 e. The van der Waals surface area contributed by atoms with Crippen molar-refractivity contribution in [2.45, 2.75) is 6.67 Å². The zero-order valence-corrected chi connectivity index (χ0v) is 14.9. The maximum Gasteiger partial charge on any atom is 0.288 e. The van der Waals surface area contributed by atoms with Crippen molar-refractivity contribution in [1.82, 2.24) is 19.7 Å². The van der Waals surface area contributed by atoms with Gasteiger partial charge in [0.25, 0.3) is 4.84 Å². The van der Waals surface area contributed by atoms with Crippen molar-refractivity contribution < 1.29 is 8.81 Å². The van der Waals surface area contributed by atoms with E-state index < -0.39 is 0 Å². The summed E-state index contributed by atoms with van der Waals surface area (Å²) in [5.41, 5.74) is 1.50. The van der Waals surface area contributed by atoms with Crippen molar-refractivity contribution in [3.63, 3.8) is 0 Å². The molecule has 3 heterocycles. The number of hydrogen-bond donors (Lipinski definition) is 0. The van der Waals surface area contributed by atoms with Crippen molar-refractivity contribution in [1.29, 1.82) is 0 Å². The van der Waals surface area contributed by atoms with Crippen LogP contribution >= 0.6 is 12.2 Å². The normalized spacial score (nSPS) is 15.3. The van der Waals surface area contributed by atoms with Crippen molar-refractivity contribution in [3.05, 3.63) is 59.4 Å². The summed E-state index contributed by atoms with van der Waals surface area (Å²) in [4.78, 5) is 8.63. The van der Waals surface area contributed by atoms with Crippen LogP contribution < -0.4 is 4.90 Å². The van der Waals surface area contributed by atoms with E-state index in [-0.39, 0.29) is 5.82 Å². The van der Waals surface area contributed by atoms with Crippen molar-refractivity contribution in [3.8, 4) is 11.5 Å². The Morgan fingerprint density at radius 1 is 1.04 bits per heavy atom. The highest BCUT2D eigenvalue weighted by molar-refractivity contribution is 7.71. The van der Waals surface area contributed by atoms with Crippen LogP contribution in [0, 0.1) is 10.7 Å². The van der Waals surface area contributed by atoms with Gasteiger partial charge in [-0.05, 0) is 36.5 Å². The number of piperazine rings is 1. The molecule has 0 aliphatic carbocycles. The van der Waals surface area contributed by atoms with Crippen LogP contribution in [0.15, 0.2) is 53.2 Å². The zero-order chi connectivity index (χ0) is 17.9. The molecule has 134 valence electrons. The van der Waals surface area contributed by atoms with Crippen LogP contribution in [0.5, 0.6) is 0 Å². The first kappa shape index (κ1) is 16.9. The quantitative estimate of drug-likeness (QED) is 0.657. The second-order valence-electron chi connectivity index (χ2n) is 6.11. The first-order valence-electron chi connectivity index (χ1n) is 8.41. The Morgan fingerprint density at radius 3 is 2.50 bits per heavy atom. The third-order valence-electron chi connectivity index (χ3n) is 4.43. The van der Waals surface area contributed by atoms with Gasteiger partial charge in [-0.2, -0.15) is 0 Å². The predicted octanol–water partition coefficient (Wildman–Crippen LogP) is 3.19. The lowest BCUT2D eigenvalue weighted by Gasteiger charge is -2.35. The molecule has 4 rings (SSSR count). The maximum absolute atomic E-state index is 13.9. The minimum Gasteiger partial charge on any atom is -0.409 e. The fourth-order valence-electron chi connectivity index (χ4n) is 3.03. The predicted molar refractivity (Wildman–Crippen MR) is 98.7 cm³/mol. The second kappa shape index (κ2) is 7.35. The number of nitrogens with zero attached hydrogens (tertiary/aromatic N) is 5. The van der Waals surface area contributed by atoms with E-state index in [0.29, 0.717) is 23.1 Å². The van der Waals surface area contributed by atoms with Crippen LogP contribution in [0.4, 0.5) is 10.1 Å². The van der Waals surface area contributed by atoms with E-state index in [0.717, 1.165) is 31.7 Å². The monoisotopic (exact) mass is 371 g/mol. The summed E-state index contributed by atoms with van der Waals surface area (Å²) >= 11 is 5.29. The zero-order valence-electron chi connectivity index (χ0n) is 14.1. The number of aromatic nitrogens is 3. The Bertz CT molecular complexity index is 934. The Balaban J connectivity index is 1.41. The van der Waals surface area contributed by atoms with Crippen LogP contribution in [0.3, 0.4) is 0 Å². The molecular formula is C18H18FN5OS. The summed E-state index contributed by atoms with van der Waals surface area (Å²) in [5.74, 6) is 0.309. The molecule has 0 saturated carbocycles. The van der Waals surface area contributed by atoms with Crippen molar-refractivity contribution >= 4 is 17.9 Å². The van der Waals surface area contributed by atoms with Gasteiger partial charge in [-0.3, -0.25) is 9.88 Å². The van der Waals surface area contributed by atoms with Gasteiger partial charge in [0.1, 0.15) is 5.82 Å². The number of para-hydroxylation sites is 1. The molecule has 0 bridgehead atoms. The second-order valence-corrected chi connectivity index (χ2v) is 6.46. The van der Waals surface area contributed by atoms with Gasteiger partial charge in [-0.25, -0.2) is 9.07 Å². The van der Waals surface area contributed by atoms with Crippen molar-refractivity contribution in [2.24, 2.45) is 0 Å². The van der Waals surface area contributed by atoms with Gasteiger partial charge >= 0.3 is 0 Å². The number of halogens is 1. The molecule has 8 heteroatoms. The summed E-state index contributed by atoms with van der Waals surface area (Å²) < 4.78 is 21.2. The first-order valence-corrected chi connectivity index (χ1v) is 8.82. The third kappa shape index (κ3) is 3.51. The minimum atomic E-state index is -0.179. The summed E-state index contributed by atoms with van der Waals surface area (Å²) in [6.07, 6.45) is 3.38. The number of pyridine rings is 1. The Kier molecular flexibility index (Phi) is 4.77. The van der Waals surface area contributed by atoms with E-state index in [2.05, 4.69) is 19.9 Å². The molecule has 1 aliphatic heterocycles. The van der Waals surface area contributed by atoms with Gasteiger partial charge in [0.15, 0.2) is 0 Å². The Labute approximate surface area is 155 Å². The lowest BCUT2D eigenvalue weighted by Crippen LogP contribution is -2.47. The van der Waals surface area contributed by atoms with Gasteiger partial charge in [0.2, 0.25) is 5.89 Å². The standard InChI is InChI=1S/C18H18FN5OS/c19-15-3-1-2-4-16(15)23-11-9-22(10-12-23)13-24-18(26)25-17(21-24)14-5-7-20-8-6-14/h1-8H,9-13H2. The van der Waals surface area contributed by atoms with Gasteiger partial charge in [0.05, 0.1) is 12.4 Å². The highest BCUT2D eigenvalue weighted by atomic mass is 32.1. The molecule has 0 radical (unpaired) electrons. The molecule has 1 fully saturated rings. The SMILES string of the molecule is Fc1ccccc1N1CCN(Cn2nc(-c3ccncc3)oc2=S)CC1. The number of benzene rings is 1. The van der Waals surface area contributed by atoms with Gasteiger partial charge in [-0.1, -0.05) is 12.1 Å². The maximum atomic E-state index is 13.9. The summed E-state index contributed by atoms with van der Waals surface area (Å²) in [6.45, 7) is 3.66. The van der Waals surface area contributed by atoms with E-state index in [4.69, 9.17) is 16.6 Å². The number of hydrogen-bond acceptors (Lipinski definition) is 6. The molecule has 1 saturated heterocycles. The van der Waals surface area contributed by atoms with Gasteiger partial charge in [-0.15, -0.1) is 5.10 Å². The summed E-state index contributed by atoms with van der Waals surface area (Å²) in [6, 6.07) is 10.6. The lowest BCUT2D eigenvalue weighted by atomic mass is 10.2. The van der Waals surface area contributed by atoms with Crippen LogP contribution in [0.25, 0.3) is 11.5 Å². The molecular weight excluding hydrogens is 353 g/mol. The molecule has 6 nitrogen and oxygen atoms in total.